The molecule has 19 heavy (non-hydrogen) atoms. The van der Waals surface area contributed by atoms with Crippen molar-refractivity contribution in [3.63, 3.8) is 0 Å². The molecule has 106 valence electrons. The highest BCUT2D eigenvalue weighted by Gasteiger charge is 2.16. The first-order valence-electron chi connectivity index (χ1n) is 6.68. The predicted molar refractivity (Wildman–Crippen MR) is 72.3 cm³/mol. The fraction of sp³-hybridized carbons (Fsp3) is 0.533. The third kappa shape index (κ3) is 4.71. The zero-order valence-electron chi connectivity index (χ0n) is 11.7. The van der Waals surface area contributed by atoms with Gasteiger partial charge in [-0.1, -0.05) is 27.2 Å². The van der Waals surface area contributed by atoms with Gasteiger partial charge in [0, 0.05) is 12.6 Å². The standard InChI is InChI=1S/C15H21F2NO/c1-4-11(3)9-18(5-2)10-15(19)13-7-6-12(16)8-14(13)17/h6-8,11H,4-5,9-10H2,1-3H3. The molecule has 0 bridgehead atoms. The number of rotatable bonds is 7. The molecule has 0 aliphatic heterocycles. The van der Waals surface area contributed by atoms with Crippen molar-refractivity contribution in [2.75, 3.05) is 19.6 Å². The number of halogens is 2. The first-order valence-corrected chi connectivity index (χ1v) is 6.68. The Kier molecular flexibility index (Phi) is 6.09. The molecular formula is C15H21F2NO. The van der Waals surface area contributed by atoms with E-state index >= 15 is 0 Å². The molecule has 0 aromatic heterocycles. The third-order valence-corrected chi connectivity index (χ3v) is 3.31. The van der Waals surface area contributed by atoms with Crippen LogP contribution < -0.4 is 0 Å². The van der Waals surface area contributed by atoms with Crippen LogP contribution in [0.3, 0.4) is 0 Å². The summed E-state index contributed by atoms with van der Waals surface area (Å²) in [5, 5.41) is 0. The van der Waals surface area contributed by atoms with Crippen molar-refractivity contribution >= 4 is 5.78 Å². The van der Waals surface area contributed by atoms with Gasteiger partial charge in [-0.05, 0) is 24.6 Å². The van der Waals surface area contributed by atoms with E-state index in [2.05, 4.69) is 13.8 Å². The molecule has 0 heterocycles. The average Bonchev–Trinajstić information content (AvgIpc) is 2.37. The maximum atomic E-state index is 13.5. The number of likely N-dealkylation sites (N-methyl/N-ethyl adjacent to an activating group) is 1. The number of hydrogen-bond acceptors (Lipinski definition) is 2. The zero-order chi connectivity index (χ0) is 14.4. The molecule has 0 N–H and O–H groups in total. The molecule has 2 nitrogen and oxygen atoms in total. The van der Waals surface area contributed by atoms with Gasteiger partial charge in [-0.2, -0.15) is 0 Å². The summed E-state index contributed by atoms with van der Waals surface area (Å²) in [6.45, 7) is 7.89. The summed E-state index contributed by atoms with van der Waals surface area (Å²) in [6.07, 6.45) is 1.04. The van der Waals surface area contributed by atoms with Crippen LogP contribution in [0, 0.1) is 17.6 Å². The van der Waals surface area contributed by atoms with Crippen molar-refractivity contribution in [3.8, 4) is 0 Å². The molecular weight excluding hydrogens is 248 g/mol. The smallest absolute Gasteiger partial charge is 0.179 e. The SMILES string of the molecule is CCC(C)CN(CC)CC(=O)c1ccc(F)cc1F. The van der Waals surface area contributed by atoms with Gasteiger partial charge in [-0.25, -0.2) is 8.78 Å². The van der Waals surface area contributed by atoms with Gasteiger partial charge in [0.2, 0.25) is 0 Å². The van der Waals surface area contributed by atoms with Crippen molar-refractivity contribution in [1.82, 2.24) is 4.90 Å². The minimum absolute atomic E-state index is 0.0380. The molecule has 1 aromatic rings. The van der Waals surface area contributed by atoms with Crippen LogP contribution in [-0.4, -0.2) is 30.3 Å². The van der Waals surface area contributed by atoms with E-state index in [-0.39, 0.29) is 17.9 Å². The second-order valence-corrected chi connectivity index (χ2v) is 4.89. The molecule has 0 amide bonds. The predicted octanol–water partition coefficient (Wildman–Crippen LogP) is 3.52. The lowest BCUT2D eigenvalue weighted by Gasteiger charge is -2.23. The van der Waals surface area contributed by atoms with E-state index in [9.17, 15) is 13.6 Å². The Balaban J connectivity index is 2.71. The molecule has 1 aromatic carbocycles. The van der Waals surface area contributed by atoms with Gasteiger partial charge in [0.25, 0.3) is 0 Å². The fourth-order valence-corrected chi connectivity index (χ4v) is 1.88. The summed E-state index contributed by atoms with van der Waals surface area (Å²) >= 11 is 0. The highest BCUT2D eigenvalue weighted by Crippen LogP contribution is 2.12. The number of hydrogen-bond donors (Lipinski definition) is 0. The maximum Gasteiger partial charge on any atom is 0.179 e. The maximum absolute atomic E-state index is 13.5. The summed E-state index contributed by atoms with van der Waals surface area (Å²) in [5.74, 6) is -1.26. The second kappa shape index (κ2) is 7.34. The Bertz CT molecular complexity index is 434. The number of nitrogens with zero attached hydrogens (tertiary/aromatic N) is 1. The zero-order valence-corrected chi connectivity index (χ0v) is 11.7. The number of carbonyl (C=O) groups is 1. The Morgan fingerprint density at radius 1 is 1.32 bits per heavy atom. The molecule has 4 heteroatoms. The molecule has 0 aliphatic rings. The van der Waals surface area contributed by atoms with Crippen LogP contribution in [0.1, 0.15) is 37.6 Å². The van der Waals surface area contributed by atoms with Gasteiger partial charge in [-0.15, -0.1) is 0 Å². The van der Waals surface area contributed by atoms with E-state index in [4.69, 9.17) is 0 Å². The summed E-state index contributed by atoms with van der Waals surface area (Å²) in [6, 6.07) is 3.07. The molecule has 0 saturated heterocycles. The van der Waals surface area contributed by atoms with E-state index in [1.54, 1.807) is 0 Å². The van der Waals surface area contributed by atoms with E-state index < -0.39 is 11.6 Å². The Morgan fingerprint density at radius 2 is 2.00 bits per heavy atom. The normalized spacial score (nSPS) is 12.7. The van der Waals surface area contributed by atoms with Gasteiger partial charge in [0.15, 0.2) is 5.78 Å². The number of benzene rings is 1. The Labute approximate surface area is 113 Å². The van der Waals surface area contributed by atoms with Crippen molar-refractivity contribution in [1.29, 1.82) is 0 Å². The fourth-order valence-electron chi connectivity index (χ4n) is 1.88. The van der Waals surface area contributed by atoms with Gasteiger partial charge < -0.3 is 0 Å². The lowest BCUT2D eigenvalue weighted by Crippen LogP contribution is -2.33. The highest BCUT2D eigenvalue weighted by atomic mass is 19.1. The largest absolute Gasteiger partial charge is 0.296 e. The number of Topliss-reactive ketones (excluding diaryl/α,β-unsaturated/α-hetero) is 1. The Hall–Kier alpha value is -1.29. The molecule has 0 fully saturated rings. The second-order valence-electron chi connectivity index (χ2n) is 4.89. The molecule has 0 saturated carbocycles. The monoisotopic (exact) mass is 269 g/mol. The average molecular weight is 269 g/mol. The molecule has 1 unspecified atom stereocenters. The summed E-state index contributed by atoms with van der Waals surface area (Å²) in [4.78, 5) is 14.0. The van der Waals surface area contributed by atoms with Crippen molar-refractivity contribution in [3.05, 3.63) is 35.4 Å². The van der Waals surface area contributed by atoms with Gasteiger partial charge in [-0.3, -0.25) is 9.69 Å². The van der Waals surface area contributed by atoms with E-state index in [1.165, 1.54) is 6.07 Å². The van der Waals surface area contributed by atoms with Gasteiger partial charge >= 0.3 is 0 Å². The summed E-state index contributed by atoms with van der Waals surface area (Å²) in [5.41, 5.74) is -0.0380. The van der Waals surface area contributed by atoms with Crippen LogP contribution in [0.25, 0.3) is 0 Å². The van der Waals surface area contributed by atoms with Crippen LogP contribution >= 0.6 is 0 Å². The van der Waals surface area contributed by atoms with Crippen LogP contribution in [-0.2, 0) is 0 Å². The third-order valence-electron chi connectivity index (χ3n) is 3.31. The van der Waals surface area contributed by atoms with Gasteiger partial charge in [0.05, 0.1) is 12.1 Å². The van der Waals surface area contributed by atoms with Crippen LogP contribution in [0.5, 0.6) is 0 Å². The molecule has 0 spiro atoms. The Morgan fingerprint density at radius 3 is 2.53 bits per heavy atom. The molecule has 0 radical (unpaired) electrons. The lowest BCUT2D eigenvalue weighted by atomic mass is 10.1. The van der Waals surface area contributed by atoms with Crippen LogP contribution in [0.2, 0.25) is 0 Å². The summed E-state index contributed by atoms with van der Waals surface area (Å²) in [7, 11) is 0. The van der Waals surface area contributed by atoms with Crippen molar-refractivity contribution in [2.45, 2.75) is 27.2 Å². The van der Waals surface area contributed by atoms with Crippen LogP contribution in [0.4, 0.5) is 8.78 Å². The van der Waals surface area contributed by atoms with E-state index in [0.29, 0.717) is 5.92 Å². The minimum Gasteiger partial charge on any atom is -0.296 e. The quantitative estimate of drug-likeness (QED) is 0.706. The molecule has 1 rings (SSSR count). The van der Waals surface area contributed by atoms with Gasteiger partial charge in [0.1, 0.15) is 11.6 Å². The van der Waals surface area contributed by atoms with E-state index in [0.717, 1.165) is 31.6 Å². The number of ketones is 1. The summed E-state index contributed by atoms with van der Waals surface area (Å²) < 4.78 is 26.3. The van der Waals surface area contributed by atoms with E-state index in [1.807, 2.05) is 11.8 Å². The highest BCUT2D eigenvalue weighted by molar-refractivity contribution is 5.97. The first kappa shape index (κ1) is 15.8. The molecule has 0 aliphatic carbocycles. The van der Waals surface area contributed by atoms with Crippen LogP contribution in [0.15, 0.2) is 18.2 Å². The van der Waals surface area contributed by atoms with Crippen molar-refractivity contribution in [2.24, 2.45) is 5.92 Å². The van der Waals surface area contributed by atoms with Crippen molar-refractivity contribution < 1.29 is 13.6 Å². The number of carbonyl (C=O) groups excluding carboxylic acids is 1. The topological polar surface area (TPSA) is 20.3 Å². The minimum atomic E-state index is -0.787. The lowest BCUT2D eigenvalue weighted by molar-refractivity contribution is 0.0919. The molecule has 1 atom stereocenters. The first-order chi connectivity index (χ1) is 8.97.